The maximum absolute atomic E-state index is 12.8. The predicted octanol–water partition coefficient (Wildman–Crippen LogP) is 2.83. The number of halogens is 2. The summed E-state index contributed by atoms with van der Waals surface area (Å²) in [7, 11) is 1.44. The van der Waals surface area contributed by atoms with Crippen LogP contribution in [0.3, 0.4) is 0 Å². The standard InChI is InChI=1S/C11H15F2NO/c1-11(2,14)9-5-4-7(15-3)6-8(9)10(12)13/h4-6,10H,14H2,1-3H3. The summed E-state index contributed by atoms with van der Waals surface area (Å²) < 4.78 is 30.4. The van der Waals surface area contributed by atoms with Gasteiger partial charge in [0, 0.05) is 11.1 Å². The molecule has 0 radical (unpaired) electrons. The molecule has 0 saturated heterocycles. The fourth-order valence-electron chi connectivity index (χ4n) is 1.44. The molecule has 0 unspecified atom stereocenters. The Morgan fingerprint density at radius 3 is 2.33 bits per heavy atom. The van der Waals surface area contributed by atoms with Crippen molar-refractivity contribution in [2.75, 3.05) is 7.11 Å². The van der Waals surface area contributed by atoms with Crippen LogP contribution in [0.2, 0.25) is 0 Å². The number of benzene rings is 1. The molecule has 2 N–H and O–H groups in total. The van der Waals surface area contributed by atoms with Crippen molar-refractivity contribution in [1.82, 2.24) is 0 Å². The molecule has 1 aromatic carbocycles. The van der Waals surface area contributed by atoms with Crippen molar-refractivity contribution in [2.45, 2.75) is 25.8 Å². The molecule has 0 fully saturated rings. The first-order chi connectivity index (χ1) is 6.86. The van der Waals surface area contributed by atoms with Gasteiger partial charge in [-0.1, -0.05) is 6.07 Å². The SMILES string of the molecule is COc1ccc(C(C)(C)N)c(C(F)F)c1. The highest BCUT2D eigenvalue weighted by Gasteiger charge is 2.23. The van der Waals surface area contributed by atoms with Gasteiger partial charge in [-0.3, -0.25) is 0 Å². The number of hydrogen-bond acceptors (Lipinski definition) is 2. The highest BCUT2D eigenvalue weighted by atomic mass is 19.3. The third kappa shape index (κ3) is 2.65. The number of rotatable bonds is 3. The van der Waals surface area contributed by atoms with Gasteiger partial charge >= 0.3 is 0 Å². The van der Waals surface area contributed by atoms with E-state index in [0.29, 0.717) is 11.3 Å². The minimum absolute atomic E-state index is 0.0677. The predicted molar refractivity (Wildman–Crippen MR) is 55.2 cm³/mol. The summed E-state index contributed by atoms with van der Waals surface area (Å²) >= 11 is 0. The summed E-state index contributed by atoms with van der Waals surface area (Å²) in [6, 6.07) is 4.55. The lowest BCUT2D eigenvalue weighted by Crippen LogP contribution is -2.30. The zero-order chi connectivity index (χ0) is 11.6. The van der Waals surface area contributed by atoms with E-state index in [1.54, 1.807) is 26.0 Å². The summed E-state index contributed by atoms with van der Waals surface area (Å²) in [6.45, 7) is 3.39. The van der Waals surface area contributed by atoms with E-state index in [1.807, 2.05) is 0 Å². The molecule has 0 bridgehead atoms. The van der Waals surface area contributed by atoms with E-state index < -0.39 is 12.0 Å². The van der Waals surface area contributed by atoms with Gasteiger partial charge in [0.15, 0.2) is 0 Å². The van der Waals surface area contributed by atoms with E-state index in [9.17, 15) is 8.78 Å². The average molecular weight is 215 g/mol. The molecular formula is C11H15F2NO. The second kappa shape index (κ2) is 4.14. The molecule has 0 aliphatic carbocycles. The third-order valence-electron chi connectivity index (χ3n) is 2.19. The van der Waals surface area contributed by atoms with Crippen molar-refractivity contribution in [2.24, 2.45) is 5.73 Å². The van der Waals surface area contributed by atoms with Gasteiger partial charge in [-0.2, -0.15) is 0 Å². The maximum Gasteiger partial charge on any atom is 0.264 e. The van der Waals surface area contributed by atoms with Crippen LogP contribution in [0.5, 0.6) is 5.75 Å². The lowest BCUT2D eigenvalue weighted by Gasteiger charge is -2.23. The third-order valence-corrected chi connectivity index (χ3v) is 2.19. The van der Waals surface area contributed by atoms with Crippen molar-refractivity contribution in [3.63, 3.8) is 0 Å². The molecule has 84 valence electrons. The molecule has 0 saturated carbocycles. The van der Waals surface area contributed by atoms with Gasteiger partial charge < -0.3 is 10.5 Å². The van der Waals surface area contributed by atoms with Crippen LogP contribution in [0.1, 0.15) is 31.4 Å². The van der Waals surface area contributed by atoms with Crippen molar-refractivity contribution in [3.8, 4) is 5.75 Å². The van der Waals surface area contributed by atoms with Crippen molar-refractivity contribution in [1.29, 1.82) is 0 Å². The minimum Gasteiger partial charge on any atom is -0.497 e. The lowest BCUT2D eigenvalue weighted by atomic mass is 9.91. The molecule has 0 heterocycles. The van der Waals surface area contributed by atoms with Gasteiger partial charge in [-0.05, 0) is 31.5 Å². The zero-order valence-electron chi connectivity index (χ0n) is 9.05. The summed E-state index contributed by atoms with van der Waals surface area (Å²) in [5.74, 6) is 0.415. The van der Waals surface area contributed by atoms with Gasteiger partial charge in [0.25, 0.3) is 6.43 Å². The number of ether oxygens (including phenoxy) is 1. The minimum atomic E-state index is -2.54. The first-order valence-electron chi connectivity index (χ1n) is 4.61. The molecule has 2 nitrogen and oxygen atoms in total. The fourth-order valence-corrected chi connectivity index (χ4v) is 1.44. The number of nitrogens with two attached hydrogens (primary N) is 1. The summed E-state index contributed by atoms with van der Waals surface area (Å²) in [6.07, 6.45) is -2.54. The normalized spacial score (nSPS) is 11.9. The van der Waals surface area contributed by atoms with Crippen LogP contribution in [0.25, 0.3) is 0 Å². The van der Waals surface area contributed by atoms with Crippen LogP contribution in [0.4, 0.5) is 8.78 Å². The topological polar surface area (TPSA) is 35.2 Å². The Hall–Kier alpha value is -1.16. The van der Waals surface area contributed by atoms with E-state index in [1.165, 1.54) is 13.2 Å². The molecule has 1 rings (SSSR count). The quantitative estimate of drug-likeness (QED) is 0.841. The lowest BCUT2D eigenvalue weighted by molar-refractivity contribution is 0.148. The fraction of sp³-hybridized carbons (Fsp3) is 0.455. The van der Waals surface area contributed by atoms with Gasteiger partial charge in [-0.25, -0.2) is 8.78 Å². The zero-order valence-corrected chi connectivity index (χ0v) is 9.05. The molecule has 0 amide bonds. The Morgan fingerprint density at radius 1 is 1.33 bits per heavy atom. The first kappa shape index (κ1) is 11.9. The second-order valence-corrected chi connectivity index (χ2v) is 3.98. The Kier molecular flexibility index (Phi) is 3.29. The van der Waals surface area contributed by atoms with Gasteiger partial charge in [-0.15, -0.1) is 0 Å². The van der Waals surface area contributed by atoms with Crippen molar-refractivity contribution >= 4 is 0 Å². The average Bonchev–Trinajstić information content (AvgIpc) is 2.15. The molecule has 0 aromatic heterocycles. The molecule has 0 aliphatic heterocycles. The summed E-state index contributed by atoms with van der Waals surface area (Å²) in [5, 5.41) is 0. The van der Waals surface area contributed by atoms with Gasteiger partial charge in [0.05, 0.1) is 7.11 Å². The van der Waals surface area contributed by atoms with Crippen LogP contribution in [0, 0.1) is 0 Å². The smallest absolute Gasteiger partial charge is 0.264 e. The van der Waals surface area contributed by atoms with Crippen LogP contribution < -0.4 is 10.5 Å². The Morgan fingerprint density at radius 2 is 1.93 bits per heavy atom. The molecule has 0 aliphatic rings. The van der Waals surface area contributed by atoms with Crippen LogP contribution in [0.15, 0.2) is 18.2 Å². The van der Waals surface area contributed by atoms with Crippen LogP contribution in [-0.2, 0) is 5.54 Å². The Labute approximate surface area is 88.0 Å². The van der Waals surface area contributed by atoms with E-state index in [2.05, 4.69) is 0 Å². The Balaban J connectivity index is 3.28. The molecule has 4 heteroatoms. The monoisotopic (exact) mass is 215 g/mol. The second-order valence-electron chi connectivity index (χ2n) is 3.98. The largest absolute Gasteiger partial charge is 0.497 e. The van der Waals surface area contributed by atoms with E-state index in [4.69, 9.17) is 10.5 Å². The van der Waals surface area contributed by atoms with Gasteiger partial charge in [0.2, 0.25) is 0 Å². The molecule has 15 heavy (non-hydrogen) atoms. The first-order valence-corrected chi connectivity index (χ1v) is 4.61. The maximum atomic E-state index is 12.8. The van der Waals surface area contributed by atoms with E-state index in [-0.39, 0.29) is 5.56 Å². The van der Waals surface area contributed by atoms with E-state index >= 15 is 0 Å². The molecular weight excluding hydrogens is 200 g/mol. The molecule has 0 spiro atoms. The van der Waals surface area contributed by atoms with Crippen molar-refractivity contribution in [3.05, 3.63) is 29.3 Å². The Bertz CT molecular complexity index is 345. The molecule has 0 atom stereocenters. The van der Waals surface area contributed by atoms with Crippen molar-refractivity contribution < 1.29 is 13.5 Å². The van der Waals surface area contributed by atoms with Crippen LogP contribution in [-0.4, -0.2) is 7.11 Å². The number of alkyl halides is 2. The highest BCUT2D eigenvalue weighted by molar-refractivity contribution is 5.39. The highest BCUT2D eigenvalue weighted by Crippen LogP contribution is 2.32. The number of hydrogen-bond donors (Lipinski definition) is 1. The molecule has 1 aromatic rings. The number of methoxy groups -OCH3 is 1. The van der Waals surface area contributed by atoms with Crippen LogP contribution >= 0.6 is 0 Å². The van der Waals surface area contributed by atoms with E-state index in [0.717, 1.165) is 0 Å². The van der Waals surface area contributed by atoms with Gasteiger partial charge in [0.1, 0.15) is 5.75 Å². The summed E-state index contributed by atoms with van der Waals surface area (Å²) in [5.41, 5.74) is 5.41. The summed E-state index contributed by atoms with van der Waals surface area (Å²) in [4.78, 5) is 0.